The number of halogens is 1. The van der Waals surface area contributed by atoms with E-state index in [4.69, 9.17) is 22.4 Å². The average Bonchev–Trinajstić information content (AvgIpc) is 3.30. The zero-order valence-electron chi connectivity index (χ0n) is 16.6. The Morgan fingerprint density at radius 1 is 1.12 bits per heavy atom. The number of benzene rings is 1. The van der Waals surface area contributed by atoms with Crippen molar-refractivity contribution in [3.05, 3.63) is 69.4 Å². The van der Waals surface area contributed by atoms with E-state index in [2.05, 4.69) is 9.97 Å². The van der Waals surface area contributed by atoms with Crippen molar-refractivity contribution in [2.24, 2.45) is 0 Å². The van der Waals surface area contributed by atoms with Gasteiger partial charge in [0.2, 0.25) is 5.95 Å². The van der Waals surface area contributed by atoms with Gasteiger partial charge in [-0.15, -0.1) is 0 Å². The molecule has 9 nitrogen and oxygen atoms in total. The van der Waals surface area contributed by atoms with Gasteiger partial charge in [0.25, 0.3) is 5.56 Å². The van der Waals surface area contributed by atoms with Crippen molar-refractivity contribution >= 4 is 46.4 Å². The number of hydrogen-bond acceptors (Lipinski definition) is 8. The molecule has 1 atom stereocenters. The van der Waals surface area contributed by atoms with E-state index < -0.39 is 0 Å². The van der Waals surface area contributed by atoms with E-state index in [9.17, 15) is 9.59 Å². The summed E-state index contributed by atoms with van der Waals surface area (Å²) in [5.74, 6) is 1.45. The summed E-state index contributed by atoms with van der Waals surface area (Å²) in [6.07, 6.45) is 2.40. The van der Waals surface area contributed by atoms with Crippen LogP contribution >= 0.6 is 23.4 Å². The van der Waals surface area contributed by atoms with Gasteiger partial charge in [0.05, 0.1) is 28.1 Å². The van der Waals surface area contributed by atoms with Gasteiger partial charge >= 0.3 is 0 Å². The quantitative estimate of drug-likeness (QED) is 0.460. The van der Waals surface area contributed by atoms with Crippen LogP contribution < -0.4 is 16.2 Å². The van der Waals surface area contributed by atoms with Gasteiger partial charge in [0.1, 0.15) is 16.4 Å². The molecule has 0 amide bonds. The molecule has 11 heteroatoms. The Kier molecular flexibility index (Phi) is 4.27. The van der Waals surface area contributed by atoms with Crippen molar-refractivity contribution < 1.29 is 4.79 Å². The number of carbonyl (C=O) groups is 1. The Hall–Kier alpha value is -3.37. The number of nitrogen functional groups attached to an aromatic ring is 1. The first kappa shape index (κ1) is 19.3. The fraction of sp³-hybridized carbons (Fsp3) is 0.190. The van der Waals surface area contributed by atoms with Crippen molar-refractivity contribution in [3.63, 3.8) is 0 Å². The van der Waals surface area contributed by atoms with Gasteiger partial charge in [-0.05, 0) is 24.6 Å². The van der Waals surface area contributed by atoms with Crippen LogP contribution in [0.25, 0.3) is 11.2 Å². The molecule has 32 heavy (non-hydrogen) atoms. The summed E-state index contributed by atoms with van der Waals surface area (Å²) in [7, 11) is 0. The summed E-state index contributed by atoms with van der Waals surface area (Å²) in [4.78, 5) is 36.6. The molecule has 1 aromatic carbocycles. The number of carbonyl (C=O) groups excluding carboxylic acids is 1. The number of ketones is 1. The van der Waals surface area contributed by atoms with E-state index in [1.165, 1.54) is 16.3 Å². The van der Waals surface area contributed by atoms with Gasteiger partial charge in [-0.2, -0.15) is 10.1 Å². The van der Waals surface area contributed by atoms with Crippen LogP contribution in [0.2, 0.25) is 5.02 Å². The summed E-state index contributed by atoms with van der Waals surface area (Å²) in [5, 5.41) is 5.70. The van der Waals surface area contributed by atoms with Crippen LogP contribution in [0.5, 0.6) is 0 Å². The maximum Gasteiger partial charge on any atom is 0.284 e. The van der Waals surface area contributed by atoms with Crippen LogP contribution in [0.1, 0.15) is 28.6 Å². The topological polar surface area (TPSA) is 111 Å². The molecular weight excluding hydrogens is 450 g/mol. The number of fused-ring (bicyclic) bond motifs is 2. The van der Waals surface area contributed by atoms with E-state index in [1.54, 1.807) is 16.8 Å². The first-order valence-electron chi connectivity index (χ1n) is 9.98. The Morgan fingerprint density at radius 3 is 2.69 bits per heavy atom. The summed E-state index contributed by atoms with van der Waals surface area (Å²) in [5.41, 5.74) is 7.16. The van der Waals surface area contributed by atoms with Crippen LogP contribution in [0.3, 0.4) is 0 Å². The van der Waals surface area contributed by atoms with Crippen molar-refractivity contribution in [1.29, 1.82) is 0 Å². The lowest BCUT2D eigenvalue weighted by Crippen LogP contribution is -2.46. The minimum absolute atomic E-state index is 0.0216. The molecule has 5 heterocycles. The lowest BCUT2D eigenvalue weighted by molar-refractivity contribution is 0.102. The zero-order valence-corrected chi connectivity index (χ0v) is 18.2. The first-order chi connectivity index (χ1) is 15.5. The highest BCUT2D eigenvalue weighted by Crippen LogP contribution is 2.42. The van der Waals surface area contributed by atoms with Crippen LogP contribution in [0.15, 0.2) is 52.4 Å². The van der Waals surface area contributed by atoms with Crippen LogP contribution in [-0.2, 0) is 0 Å². The standard InChI is InChI=1S/C21H16ClN7O2S/c22-12-6-9-28-16(12)20(31)29(11-4-2-1-3-5-11)17(26-28)13-7-8-27(13)18-15-14(30)10-32-19(15)25-21(23)24-18/h1-6,9,13H,7-8,10H2,(H2,23,24,25)/t13-/m0/s1. The van der Waals surface area contributed by atoms with Crippen LogP contribution in [-0.4, -0.2) is 42.2 Å². The highest BCUT2D eigenvalue weighted by atomic mass is 35.5. The Labute approximate surface area is 190 Å². The van der Waals surface area contributed by atoms with Crippen LogP contribution in [0, 0.1) is 0 Å². The highest BCUT2D eigenvalue weighted by molar-refractivity contribution is 8.00. The largest absolute Gasteiger partial charge is 0.368 e. The summed E-state index contributed by atoms with van der Waals surface area (Å²) >= 11 is 7.65. The number of para-hydroxylation sites is 1. The van der Waals surface area contributed by atoms with E-state index in [0.29, 0.717) is 50.8 Å². The summed E-state index contributed by atoms with van der Waals surface area (Å²) < 4.78 is 3.09. The smallest absolute Gasteiger partial charge is 0.284 e. The van der Waals surface area contributed by atoms with Crippen molar-refractivity contribution in [2.75, 3.05) is 22.9 Å². The van der Waals surface area contributed by atoms with Gasteiger partial charge in [0, 0.05) is 12.7 Å². The normalized spacial score (nSPS) is 17.6. The van der Waals surface area contributed by atoms with Crippen molar-refractivity contribution in [2.45, 2.75) is 17.5 Å². The summed E-state index contributed by atoms with van der Waals surface area (Å²) in [6, 6.07) is 10.7. The Balaban J connectivity index is 1.56. The van der Waals surface area contributed by atoms with E-state index in [1.807, 2.05) is 35.2 Å². The predicted octanol–water partition coefficient (Wildman–Crippen LogP) is 2.75. The number of nitrogens with zero attached hydrogens (tertiary/aromatic N) is 6. The number of hydrogen-bond donors (Lipinski definition) is 1. The SMILES string of the molecule is Nc1nc2c(c(N3CC[C@H]3c3nn4ccc(Cl)c4c(=O)n3-c3ccccc3)n1)C(=O)CS2. The number of Topliss-reactive ketones (excluding diaryl/α,β-unsaturated/α-hetero) is 1. The zero-order chi connectivity index (χ0) is 22.0. The molecule has 1 saturated heterocycles. The van der Waals surface area contributed by atoms with E-state index in [0.717, 1.165) is 6.42 Å². The molecule has 4 aromatic rings. The highest BCUT2D eigenvalue weighted by Gasteiger charge is 2.40. The molecule has 2 aliphatic heterocycles. The molecule has 2 N–H and O–H groups in total. The second-order valence-corrected chi connectivity index (χ2v) is 8.96. The van der Waals surface area contributed by atoms with Gasteiger partial charge in [-0.3, -0.25) is 14.2 Å². The average molecular weight is 466 g/mol. The van der Waals surface area contributed by atoms with Gasteiger partial charge in [-0.1, -0.05) is 41.6 Å². The molecule has 0 bridgehead atoms. The molecule has 6 rings (SSSR count). The molecule has 3 aromatic heterocycles. The second kappa shape index (κ2) is 7.07. The molecule has 0 saturated carbocycles. The minimum Gasteiger partial charge on any atom is -0.368 e. The van der Waals surface area contributed by atoms with E-state index in [-0.39, 0.29) is 23.3 Å². The second-order valence-electron chi connectivity index (χ2n) is 7.59. The number of nitrogens with two attached hydrogens (primary N) is 1. The maximum absolute atomic E-state index is 13.5. The van der Waals surface area contributed by atoms with Gasteiger partial charge < -0.3 is 10.6 Å². The van der Waals surface area contributed by atoms with Gasteiger partial charge in [0.15, 0.2) is 11.6 Å². The number of aromatic nitrogens is 5. The molecular formula is C21H16ClN7O2S. The van der Waals surface area contributed by atoms with Crippen molar-refractivity contribution in [3.8, 4) is 5.69 Å². The molecule has 0 radical (unpaired) electrons. The molecule has 0 spiro atoms. The van der Waals surface area contributed by atoms with E-state index >= 15 is 0 Å². The molecule has 160 valence electrons. The predicted molar refractivity (Wildman–Crippen MR) is 122 cm³/mol. The minimum atomic E-state index is -0.273. The third kappa shape index (κ3) is 2.76. The lowest BCUT2D eigenvalue weighted by Gasteiger charge is -2.42. The number of anilines is 2. The Bertz CT molecular complexity index is 1470. The van der Waals surface area contributed by atoms with Crippen LogP contribution in [0.4, 0.5) is 11.8 Å². The molecule has 2 aliphatic rings. The maximum atomic E-state index is 13.5. The first-order valence-corrected chi connectivity index (χ1v) is 11.3. The number of rotatable bonds is 3. The van der Waals surface area contributed by atoms with Gasteiger partial charge in [-0.25, -0.2) is 9.50 Å². The fourth-order valence-electron chi connectivity index (χ4n) is 4.21. The Morgan fingerprint density at radius 2 is 1.94 bits per heavy atom. The molecule has 1 fully saturated rings. The monoisotopic (exact) mass is 465 g/mol. The third-order valence-corrected chi connectivity index (χ3v) is 7.04. The fourth-order valence-corrected chi connectivity index (χ4v) is 5.35. The third-order valence-electron chi connectivity index (χ3n) is 5.76. The lowest BCUT2D eigenvalue weighted by atomic mass is 10.00. The van der Waals surface area contributed by atoms with Crippen molar-refractivity contribution in [1.82, 2.24) is 24.1 Å². The number of thioether (sulfide) groups is 1. The summed E-state index contributed by atoms with van der Waals surface area (Å²) in [6.45, 7) is 0.653. The molecule has 0 aliphatic carbocycles. The molecule has 0 unspecified atom stereocenters.